The molecule has 22 heavy (non-hydrogen) atoms. The van der Waals surface area contributed by atoms with Gasteiger partial charge in [-0.1, -0.05) is 58.2 Å². The fourth-order valence-electron chi connectivity index (χ4n) is 2.91. The van der Waals surface area contributed by atoms with Gasteiger partial charge in [-0.25, -0.2) is 0 Å². The summed E-state index contributed by atoms with van der Waals surface area (Å²) >= 11 is 0. The third-order valence-electron chi connectivity index (χ3n) is 4.44. The Morgan fingerprint density at radius 2 is 1.05 bits per heavy atom. The molecule has 3 aromatic rings. The Morgan fingerprint density at radius 3 is 1.36 bits per heavy atom. The highest BCUT2D eigenvalue weighted by Gasteiger charge is 2.19. The van der Waals surface area contributed by atoms with Gasteiger partial charge in [0.05, 0.1) is 11.0 Å². The van der Waals surface area contributed by atoms with Crippen molar-refractivity contribution in [1.29, 1.82) is 0 Å². The molecule has 0 bridgehead atoms. The summed E-state index contributed by atoms with van der Waals surface area (Å²) in [5, 5.41) is 1.99. The van der Waals surface area contributed by atoms with E-state index in [0.717, 1.165) is 15.6 Å². The molecule has 0 aliphatic rings. The van der Waals surface area contributed by atoms with Crippen LogP contribution in [0.2, 0.25) is 0 Å². The third kappa shape index (κ3) is 2.31. The minimum Gasteiger partial charge on any atom is -0.179 e. The van der Waals surface area contributed by atoms with Gasteiger partial charge in [-0.2, -0.15) is 4.79 Å². The Balaban J connectivity index is 2.38. The van der Waals surface area contributed by atoms with Gasteiger partial charge in [-0.15, -0.1) is 0 Å². The van der Waals surface area contributed by atoms with Gasteiger partial charge < -0.3 is 0 Å². The van der Waals surface area contributed by atoms with E-state index >= 15 is 0 Å². The van der Waals surface area contributed by atoms with Crippen LogP contribution in [0, 0.1) is 0 Å². The molecule has 116 valence electrons. The SMILES string of the molecule is CC(C)(C)c1ccc2c(c1)c1cc(C(C)(C)C)ccc1n2F. The normalized spacial score (nSPS) is 13.2. The first kappa shape index (κ1) is 15.1. The van der Waals surface area contributed by atoms with Gasteiger partial charge in [0.15, 0.2) is 0 Å². The summed E-state index contributed by atoms with van der Waals surface area (Å²) in [5.41, 5.74) is 3.87. The molecule has 0 radical (unpaired) electrons. The Bertz CT molecular complexity index is 786. The average Bonchev–Trinajstić information content (AvgIpc) is 2.70. The van der Waals surface area contributed by atoms with Gasteiger partial charge in [0.1, 0.15) is 0 Å². The minimum atomic E-state index is 0.0561. The Hall–Kier alpha value is -1.83. The lowest BCUT2D eigenvalue weighted by molar-refractivity contribution is 0.405. The summed E-state index contributed by atoms with van der Waals surface area (Å²) in [7, 11) is 0. The number of rotatable bonds is 0. The number of aromatic nitrogens is 1. The molecule has 3 rings (SSSR count). The smallest absolute Gasteiger partial charge is 0.0826 e. The molecule has 2 aromatic carbocycles. The molecule has 0 aliphatic carbocycles. The average molecular weight is 297 g/mol. The fourth-order valence-corrected chi connectivity index (χ4v) is 2.91. The van der Waals surface area contributed by atoms with E-state index in [9.17, 15) is 4.48 Å². The van der Waals surface area contributed by atoms with Crippen LogP contribution >= 0.6 is 0 Å². The molecule has 0 fully saturated rings. The lowest BCUT2D eigenvalue weighted by Gasteiger charge is -2.19. The summed E-state index contributed by atoms with van der Waals surface area (Å²) in [6, 6.07) is 12.1. The second-order valence-corrected chi connectivity index (χ2v) is 8.24. The number of halogens is 1. The number of hydrogen-bond donors (Lipinski definition) is 0. The Labute approximate surface area is 131 Å². The maximum Gasteiger partial charge on any atom is 0.0826 e. The first-order valence-electron chi connectivity index (χ1n) is 7.84. The molecule has 0 spiro atoms. The van der Waals surface area contributed by atoms with E-state index in [-0.39, 0.29) is 10.8 Å². The topological polar surface area (TPSA) is 4.93 Å². The van der Waals surface area contributed by atoms with E-state index in [0.29, 0.717) is 11.0 Å². The quantitative estimate of drug-likeness (QED) is 0.471. The van der Waals surface area contributed by atoms with Gasteiger partial charge in [-0.05, 0) is 46.2 Å². The second-order valence-electron chi connectivity index (χ2n) is 8.24. The predicted molar refractivity (Wildman–Crippen MR) is 93.4 cm³/mol. The van der Waals surface area contributed by atoms with Gasteiger partial charge in [0, 0.05) is 10.8 Å². The highest BCUT2D eigenvalue weighted by molar-refractivity contribution is 6.08. The van der Waals surface area contributed by atoms with Gasteiger partial charge in [-0.3, -0.25) is 0 Å². The molecule has 0 saturated carbocycles. The zero-order valence-electron chi connectivity index (χ0n) is 14.3. The van der Waals surface area contributed by atoms with Crippen LogP contribution in [0.5, 0.6) is 0 Å². The number of benzene rings is 2. The van der Waals surface area contributed by atoms with Crippen molar-refractivity contribution in [3.63, 3.8) is 0 Å². The lowest BCUT2D eigenvalue weighted by atomic mass is 9.85. The van der Waals surface area contributed by atoms with Crippen molar-refractivity contribution in [2.45, 2.75) is 52.4 Å². The van der Waals surface area contributed by atoms with Crippen molar-refractivity contribution in [2.75, 3.05) is 0 Å². The van der Waals surface area contributed by atoms with Crippen molar-refractivity contribution in [2.24, 2.45) is 0 Å². The van der Waals surface area contributed by atoms with E-state index in [2.05, 4.69) is 53.7 Å². The molecule has 0 aliphatic heterocycles. The van der Waals surface area contributed by atoms with Crippen LogP contribution < -0.4 is 0 Å². The molecular weight excluding hydrogens is 273 g/mol. The maximum absolute atomic E-state index is 14.6. The molecule has 2 heteroatoms. The van der Waals surface area contributed by atoms with Gasteiger partial charge >= 0.3 is 0 Å². The summed E-state index contributed by atoms with van der Waals surface area (Å²) < 4.78 is 14.6. The molecule has 1 aromatic heterocycles. The highest BCUT2D eigenvalue weighted by atomic mass is 19.2. The third-order valence-corrected chi connectivity index (χ3v) is 4.44. The van der Waals surface area contributed by atoms with Crippen molar-refractivity contribution < 1.29 is 4.48 Å². The monoisotopic (exact) mass is 297 g/mol. The predicted octanol–water partition coefficient (Wildman–Crippen LogP) is 6.12. The van der Waals surface area contributed by atoms with Crippen LogP contribution in [-0.4, -0.2) is 4.79 Å². The molecular formula is C20H24FN. The van der Waals surface area contributed by atoms with Crippen LogP contribution in [0.1, 0.15) is 52.7 Å². The molecule has 0 atom stereocenters. The van der Waals surface area contributed by atoms with Crippen LogP contribution in [0.25, 0.3) is 21.8 Å². The number of hydrogen-bond acceptors (Lipinski definition) is 0. The summed E-state index contributed by atoms with van der Waals surface area (Å²) in [4.78, 5) is 0.809. The van der Waals surface area contributed by atoms with Crippen molar-refractivity contribution in [1.82, 2.24) is 4.79 Å². The van der Waals surface area contributed by atoms with Crippen LogP contribution in [0.3, 0.4) is 0 Å². The van der Waals surface area contributed by atoms with Crippen molar-refractivity contribution >= 4 is 21.8 Å². The van der Waals surface area contributed by atoms with Gasteiger partial charge in [0.2, 0.25) is 0 Å². The zero-order chi connectivity index (χ0) is 16.3. The van der Waals surface area contributed by atoms with Crippen molar-refractivity contribution in [3.8, 4) is 0 Å². The van der Waals surface area contributed by atoms with E-state index in [4.69, 9.17) is 0 Å². The van der Waals surface area contributed by atoms with Gasteiger partial charge in [0.25, 0.3) is 0 Å². The molecule has 0 unspecified atom stereocenters. The Morgan fingerprint density at radius 1 is 0.682 bits per heavy atom. The molecule has 0 amide bonds. The van der Waals surface area contributed by atoms with Crippen LogP contribution in [-0.2, 0) is 10.8 Å². The zero-order valence-corrected chi connectivity index (χ0v) is 14.3. The lowest BCUT2D eigenvalue weighted by Crippen LogP contribution is -2.10. The van der Waals surface area contributed by atoms with Crippen molar-refractivity contribution in [3.05, 3.63) is 47.5 Å². The molecule has 1 heterocycles. The molecule has 0 N–H and O–H groups in total. The summed E-state index contributed by atoms with van der Waals surface area (Å²) in [5.74, 6) is 0. The summed E-state index contributed by atoms with van der Waals surface area (Å²) in [6.45, 7) is 13.1. The van der Waals surface area contributed by atoms with Crippen LogP contribution in [0.4, 0.5) is 4.48 Å². The van der Waals surface area contributed by atoms with E-state index in [1.54, 1.807) is 0 Å². The van der Waals surface area contributed by atoms with E-state index in [1.807, 2.05) is 24.3 Å². The standard InChI is InChI=1S/C20H24FN/c1-19(2,3)13-7-9-17-15(11-13)16-12-14(20(4,5)6)8-10-18(16)22(17)21/h7-12H,1-6H3. The largest absolute Gasteiger partial charge is 0.179 e. The minimum absolute atomic E-state index is 0.0561. The highest BCUT2D eigenvalue weighted by Crippen LogP contribution is 2.35. The summed E-state index contributed by atoms with van der Waals surface area (Å²) in [6.07, 6.45) is 0. The number of fused-ring (bicyclic) bond motifs is 3. The molecule has 0 saturated heterocycles. The fraction of sp³-hybridized carbons (Fsp3) is 0.400. The van der Waals surface area contributed by atoms with E-state index in [1.165, 1.54) is 11.1 Å². The van der Waals surface area contributed by atoms with E-state index < -0.39 is 0 Å². The number of nitrogens with zero attached hydrogens (tertiary/aromatic N) is 1. The second kappa shape index (κ2) is 4.58. The first-order valence-corrected chi connectivity index (χ1v) is 7.84. The maximum atomic E-state index is 14.6. The molecule has 1 nitrogen and oxygen atoms in total. The first-order chi connectivity index (χ1) is 10.1. The Kier molecular flexibility index (Phi) is 3.14. The van der Waals surface area contributed by atoms with Crippen LogP contribution in [0.15, 0.2) is 36.4 Å².